The molecule has 1 amide bonds. The molecular formula is C14H14ClN3O2. The Morgan fingerprint density at radius 3 is 2.80 bits per heavy atom. The molecule has 2 rings (SSSR count). The predicted molar refractivity (Wildman–Crippen MR) is 78.8 cm³/mol. The molecule has 20 heavy (non-hydrogen) atoms. The third-order valence-electron chi connectivity index (χ3n) is 2.52. The maximum Gasteiger partial charge on any atom is 0.227 e. The van der Waals surface area contributed by atoms with Gasteiger partial charge in [0.1, 0.15) is 10.9 Å². The van der Waals surface area contributed by atoms with Crippen LogP contribution in [-0.4, -0.2) is 17.5 Å². The Morgan fingerprint density at radius 1 is 1.30 bits per heavy atom. The van der Waals surface area contributed by atoms with Gasteiger partial charge in [0.2, 0.25) is 5.91 Å². The van der Waals surface area contributed by atoms with Crippen LogP contribution in [0.4, 0.5) is 11.4 Å². The molecule has 0 unspecified atom stereocenters. The zero-order valence-electron chi connectivity index (χ0n) is 10.7. The smallest absolute Gasteiger partial charge is 0.227 e. The molecule has 1 heterocycles. The molecule has 2 aromatic rings. The first kappa shape index (κ1) is 14.1. The van der Waals surface area contributed by atoms with Crippen molar-refractivity contribution >= 4 is 28.9 Å². The number of benzene rings is 1. The molecule has 1 aromatic heterocycles. The monoisotopic (exact) mass is 291 g/mol. The Morgan fingerprint density at radius 2 is 2.10 bits per heavy atom. The summed E-state index contributed by atoms with van der Waals surface area (Å²) >= 11 is 5.66. The van der Waals surface area contributed by atoms with E-state index in [2.05, 4.69) is 10.3 Å². The van der Waals surface area contributed by atoms with E-state index in [1.807, 2.05) is 12.1 Å². The molecule has 3 N–H and O–H groups in total. The molecule has 0 radical (unpaired) electrons. The molecule has 0 aliphatic heterocycles. The normalized spacial score (nSPS) is 10.1. The summed E-state index contributed by atoms with van der Waals surface area (Å²) in [6.07, 6.45) is 1.72. The fourth-order valence-electron chi connectivity index (χ4n) is 1.54. The number of carbonyl (C=O) groups excluding carboxylic acids is 1. The van der Waals surface area contributed by atoms with Crippen LogP contribution in [0.3, 0.4) is 0 Å². The molecule has 6 heteroatoms. The molecule has 0 aliphatic carbocycles. The van der Waals surface area contributed by atoms with Gasteiger partial charge in [-0.15, -0.1) is 0 Å². The molecule has 0 spiro atoms. The number of nitrogens with two attached hydrogens (primary N) is 1. The number of hydrogen-bond donors (Lipinski definition) is 2. The Balaban J connectivity index is 1.78. The Kier molecular flexibility index (Phi) is 4.79. The lowest BCUT2D eigenvalue weighted by Crippen LogP contribution is -2.15. The third kappa shape index (κ3) is 4.13. The maximum atomic E-state index is 11.7. The van der Waals surface area contributed by atoms with Crippen LogP contribution in [0.5, 0.6) is 5.75 Å². The number of pyridine rings is 1. The summed E-state index contributed by atoms with van der Waals surface area (Å²) < 4.78 is 5.44. The van der Waals surface area contributed by atoms with E-state index < -0.39 is 0 Å². The van der Waals surface area contributed by atoms with Crippen molar-refractivity contribution < 1.29 is 9.53 Å². The summed E-state index contributed by atoms with van der Waals surface area (Å²) in [7, 11) is 0. The van der Waals surface area contributed by atoms with Crippen molar-refractivity contribution in [2.45, 2.75) is 6.42 Å². The van der Waals surface area contributed by atoms with E-state index in [-0.39, 0.29) is 18.9 Å². The number of ether oxygens (including phenoxy) is 1. The van der Waals surface area contributed by atoms with E-state index in [0.717, 1.165) is 0 Å². The topological polar surface area (TPSA) is 77.2 Å². The number of anilines is 2. The number of nitrogens with one attached hydrogen (secondary N) is 1. The minimum absolute atomic E-state index is 0.163. The van der Waals surface area contributed by atoms with Gasteiger partial charge in [0.05, 0.1) is 30.6 Å². The van der Waals surface area contributed by atoms with Crippen molar-refractivity contribution in [3.63, 3.8) is 0 Å². The fourth-order valence-corrected chi connectivity index (χ4v) is 1.65. The molecule has 1 aromatic carbocycles. The first-order chi connectivity index (χ1) is 9.65. The number of hydrogen-bond acceptors (Lipinski definition) is 4. The van der Waals surface area contributed by atoms with Crippen molar-refractivity contribution in [1.82, 2.24) is 4.98 Å². The number of carbonyl (C=O) groups is 1. The van der Waals surface area contributed by atoms with Crippen LogP contribution in [0.1, 0.15) is 6.42 Å². The van der Waals surface area contributed by atoms with Crippen LogP contribution in [0.2, 0.25) is 5.15 Å². The molecule has 0 aliphatic rings. The average Bonchev–Trinajstić information content (AvgIpc) is 2.43. The van der Waals surface area contributed by atoms with Gasteiger partial charge in [-0.05, 0) is 24.3 Å². The average molecular weight is 292 g/mol. The van der Waals surface area contributed by atoms with Crippen molar-refractivity contribution in [2.24, 2.45) is 0 Å². The molecule has 5 nitrogen and oxygen atoms in total. The van der Waals surface area contributed by atoms with Crippen LogP contribution in [0.15, 0.2) is 42.6 Å². The predicted octanol–water partition coefficient (Wildman–Crippen LogP) is 2.72. The molecule has 0 fully saturated rings. The molecule has 0 saturated heterocycles. The van der Waals surface area contributed by atoms with Gasteiger partial charge in [-0.2, -0.15) is 0 Å². The number of halogens is 1. The van der Waals surface area contributed by atoms with Crippen LogP contribution < -0.4 is 15.8 Å². The van der Waals surface area contributed by atoms with Crippen LogP contribution in [0.25, 0.3) is 0 Å². The third-order valence-corrected chi connectivity index (χ3v) is 2.74. The summed E-state index contributed by atoms with van der Waals surface area (Å²) in [5.41, 5.74) is 6.88. The number of aromatic nitrogens is 1. The van der Waals surface area contributed by atoms with E-state index in [4.69, 9.17) is 22.1 Å². The van der Waals surface area contributed by atoms with Crippen molar-refractivity contribution in [3.05, 3.63) is 47.7 Å². The Labute approximate surface area is 121 Å². The molecular weight excluding hydrogens is 278 g/mol. The van der Waals surface area contributed by atoms with Crippen molar-refractivity contribution in [2.75, 3.05) is 17.7 Å². The molecule has 0 saturated carbocycles. The number of para-hydroxylation sites is 2. The maximum absolute atomic E-state index is 11.7. The molecule has 0 bridgehead atoms. The lowest BCUT2D eigenvalue weighted by atomic mass is 10.3. The lowest BCUT2D eigenvalue weighted by Gasteiger charge is -2.08. The van der Waals surface area contributed by atoms with Gasteiger partial charge in [-0.1, -0.05) is 23.7 Å². The van der Waals surface area contributed by atoms with Crippen LogP contribution in [-0.2, 0) is 4.79 Å². The Hall–Kier alpha value is -2.27. The Bertz CT molecular complexity index is 587. The number of amides is 1. The standard InChI is InChI=1S/C14H14ClN3O2/c15-13-6-5-10(9-17-13)18-14(19)7-8-20-12-4-2-1-3-11(12)16/h1-6,9H,7-8,16H2,(H,18,19). The van der Waals surface area contributed by atoms with E-state index in [0.29, 0.717) is 22.3 Å². The summed E-state index contributed by atoms with van der Waals surface area (Å²) in [6.45, 7) is 0.251. The minimum Gasteiger partial charge on any atom is -0.491 e. The van der Waals surface area contributed by atoms with Crippen molar-refractivity contribution in [3.8, 4) is 5.75 Å². The SMILES string of the molecule is Nc1ccccc1OCCC(=O)Nc1ccc(Cl)nc1. The highest BCUT2D eigenvalue weighted by Gasteiger charge is 2.04. The second-order valence-corrected chi connectivity index (χ2v) is 4.44. The number of rotatable bonds is 5. The van der Waals surface area contributed by atoms with E-state index in [9.17, 15) is 4.79 Å². The van der Waals surface area contributed by atoms with Crippen LogP contribution in [0, 0.1) is 0 Å². The van der Waals surface area contributed by atoms with Gasteiger partial charge in [-0.3, -0.25) is 4.79 Å². The highest BCUT2D eigenvalue weighted by molar-refractivity contribution is 6.29. The molecule has 0 atom stereocenters. The van der Waals surface area contributed by atoms with Crippen molar-refractivity contribution in [1.29, 1.82) is 0 Å². The number of nitrogens with zero attached hydrogens (tertiary/aromatic N) is 1. The highest BCUT2D eigenvalue weighted by atomic mass is 35.5. The van der Waals surface area contributed by atoms with Gasteiger partial charge < -0.3 is 15.8 Å². The van der Waals surface area contributed by atoms with E-state index >= 15 is 0 Å². The molecule has 104 valence electrons. The highest BCUT2D eigenvalue weighted by Crippen LogP contribution is 2.19. The first-order valence-electron chi connectivity index (χ1n) is 6.04. The second-order valence-electron chi connectivity index (χ2n) is 4.05. The van der Waals surface area contributed by atoms with Gasteiger partial charge in [0.15, 0.2) is 0 Å². The van der Waals surface area contributed by atoms with Gasteiger partial charge in [0.25, 0.3) is 0 Å². The van der Waals surface area contributed by atoms with Gasteiger partial charge in [-0.25, -0.2) is 4.98 Å². The fraction of sp³-hybridized carbons (Fsp3) is 0.143. The zero-order valence-corrected chi connectivity index (χ0v) is 11.4. The van der Waals surface area contributed by atoms with Gasteiger partial charge in [0, 0.05) is 0 Å². The second kappa shape index (κ2) is 6.77. The van der Waals surface area contributed by atoms with E-state index in [1.54, 1.807) is 24.3 Å². The largest absolute Gasteiger partial charge is 0.491 e. The number of nitrogen functional groups attached to an aromatic ring is 1. The van der Waals surface area contributed by atoms with E-state index in [1.165, 1.54) is 6.20 Å². The van der Waals surface area contributed by atoms with Gasteiger partial charge >= 0.3 is 0 Å². The van der Waals surface area contributed by atoms with Crippen LogP contribution >= 0.6 is 11.6 Å². The summed E-state index contributed by atoms with van der Waals surface area (Å²) in [5.74, 6) is 0.414. The minimum atomic E-state index is -0.163. The summed E-state index contributed by atoms with van der Waals surface area (Å²) in [6, 6.07) is 10.4. The first-order valence-corrected chi connectivity index (χ1v) is 6.41. The zero-order chi connectivity index (χ0) is 14.4. The quantitative estimate of drug-likeness (QED) is 0.656. The summed E-state index contributed by atoms with van der Waals surface area (Å²) in [4.78, 5) is 15.6. The summed E-state index contributed by atoms with van der Waals surface area (Å²) in [5, 5.41) is 3.08. The lowest BCUT2D eigenvalue weighted by molar-refractivity contribution is -0.116.